The Hall–Kier alpha value is -1.08. The summed E-state index contributed by atoms with van der Waals surface area (Å²) in [5, 5.41) is 12.4. The third kappa shape index (κ3) is 5.50. The maximum absolute atomic E-state index is 11.8. The molecule has 0 atom stereocenters. The lowest BCUT2D eigenvalue weighted by Gasteiger charge is -2.09. The second kappa shape index (κ2) is 6.75. The number of hydrogen-bond donors (Lipinski definition) is 2. The molecule has 18 heavy (non-hydrogen) atoms. The van der Waals surface area contributed by atoms with Gasteiger partial charge in [-0.3, -0.25) is 0 Å². The Balaban J connectivity index is 2.35. The van der Waals surface area contributed by atoms with Crippen LogP contribution in [0.1, 0.15) is 5.56 Å². The van der Waals surface area contributed by atoms with Gasteiger partial charge in [-0.05, 0) is 30.0 Å². The molecule has 7 heteroatoms. The number of methoxy groups -OCH3 is 1. The summed E-state index contributed by atoms with van der Waals surface area (Å²) in [6.45, 7) is 0.502. The summed E-state index contributed by atoms with van der Waals surface area (Å²) in [5.41, 5.74) is -3.61. The van der Waals surface area contributed by atoms with Crippen LogP contribution in [0.5, 0.6) is 11.5 Å². The molecule has 1 aromatic rings. The summed E-state index contributed by atoms with van der Waals surface area (Å²) >= 11 is -0.0691. The Morgan fingerprint density at radius 1 is 1.39 bits per heavy atom. The summed E-state index contributed by atoms with van der Waals surface area (Å²) in [4.78, 5) is 0. The first-order chi connectivity index (χ1) is 8.42. The topological polar surface area (TPSA) is 41.5 Å². The number of hydrogen-bond acceptors (Lipinski definition) is 4. The van der Waals surface area contributed by atoms with E-state index in [0.717, 1.165) is 0 Å². The minimum atomic E-state index is -4.19. The number of benzene rings is 1. The normalized spacial score (nSPS) is 11.6. The minimum absolute atomic E-state index is 0.0613. The SMILES string of the molecule is COc1ccc(O)c(CNCCSC(F)(F)F)c1. The number of ether oxygens (including phenoxy) is 1. The van der Waals surface area contributed by atoms with E-state index in [4.69, 9.17) is 4.74 Å². The third-order valence-electron chi connectivity index (χ3n) is 2.15. The van der Waals surface area contributed by atoms with E-state index >= 15 is 0 Å². The fourth-order valence-corrected chi connectivity index (χ4v) is 1.77. The van der Waals surface area contributed by atoms with Gasteiger partial charge in [0.05, 0.1) is 7.11 Å². The highest BCUT2D eigenvalue weighted by Crippen LogP contribution is 2.29. The molecule has 0 radical (unpaired) electrons. The van der Waals surface area contributed by atoms with Crippen LogP contribution in [-0.2, 0) is 6.54 Å². The van der Waals surface area contributed by atoms with E-state index in [1.165, 1.54) is 13.2 Å². The number of phenols is 1. The molecule has 0 aliphatic carbocycles. The van der Waals surface area contributed by atoms with Crippen LogP contribution in [0.4, 0.5) is 13.2 Å². The van der Waals surface area contributed by atoms with Gasteiger partial charge in [-0.2, -0.15) is 13.2 Å². The van der Waals surface area contributed by atoms with Crippen molar-refractivity contribution >= 4 is 11.8 Å². The van der Waals surface area contributed by atoms with Gasteiger partial charge in [0.2, 0.25) is 0 Å². The molecule has 0 saturated carbocycles. The molecular weight excluding hydrogens is 267 g/mol. The van der Waals surface area contributed by atoms with Crippen molar-refractivity contribution in [3.63, 3.8) is 0 Å². The first kappa shape index (κ1) is 15.0. The van der Waals surface area contributed by atoms with E-state index in [2.05, 4.69) is 5.32 Å². The molecule has 0 amide bonds. The van der Waals surface area contributed by atoms with Gasteiger partial charge in [-0.15, -0.1) is 0 Å². The van der Waals surface area contributed by atoms with Crippen molar-refractivity contribution in [3.8, 4) is 11.5 Å². The van der Waals surface area contributed by atoms with Crippen LogP contribution >= 0.6 is 11.8 Å². The first-order valence-electron chi connectivity index (χ1n) is 5.19. The van der Waals surface area contributed by atoms with Crippen LogP contribution in [0.15, 0.2) is 18.2 Å². The van der Waals surface area contributed by atoms with E-state index in [9.17, 15) is 18.3 Å². The zero-order valence-corrected chi connectivity index (χ0v) is 10.6. The summed E-state index contributed by atoms with van der Waals surface area (Å²) in [7, 11) is 1.50. The Morgan fingerprint density at radius 3 is 2.72 bits per heavy atom. The van der Waals surface area contributed by atoms with E-state index in [0.29, 0.717) is 17.9 Å². The van der Waals surface area contributed by atoms with E-state index in [1.807, 2.05) is 0 Å². The van der Waals surface area contributed by atoms with Crippen LogP contribution in [-0.4, -0.2) is 30.0 Å². The molecule has 2 N–H and O–H groups in total. The lowest BCUT2D eigenvalue weighted by molar-refractivity contribution is -0.0327. The third-order valence-corrected chi connectivity index (χ3v) is 2.88. The van der Waals surface area contributed by atoms with Crippen molar-refractivity contribution in [3.05, 3.63) is 23.8 Å². The number of halogens is 3. The Morgan fingerprint density at radius 2 is 2.11 bits per heavy atom. The van der Waals surface area contributed by atoms with Crippen molar-refractivity contribution in [2.45, 2.75) is 12.1 Å². The smallest absolute Gasteiger partial charge is 0.441 e. The predicted molar refractivity (Wildman–Crippen MR) is 64.9 cm³/mol. The molecule has 1 rings (SSSR count). The molecule has 0 fully saturated rings. The van der Waals surface area contributed by atoms with Gasteiger partial charge in [-0.25, -0.2) is 0 Å². The lowest BCUT2D eigenvalue weighted by Crippen LogP contribution is -2.18. The van der Waals surface area contributed by atoms with E-state index < -0.39 is 5.51 Å². The molecule has 0 bridgehead atoms. The summed E-state index contributed by atoms with van der Waals surface area (Å²) in [6.07, 6.45) is 0. The second-order valence-electron chi connectivity index (χ2n) is 3.47. The van der Waals surface area contributed by atoms with Crippen molar-refractivity contribution in [2.75, 3.05) is 19.4 Å². The number of aromatic hydroxyl groups is 1. The maximum atomic E-state index is 11.8. The monoisotopic (exact) mass is 281 g/mol. The molecule has 0 unspecified atom stereocenters. The highest BCUT2D eigenvalue weighted by atomic mass is 32.2. The van der Waals surface area contributed by atoms with Crippen molar-refractivity contribution in [1.29, 1.82) is 0 Å². The molecule has 0 aromatic heterocycles. The number of thioether (sulfide) groups is 1. The van der Waals surface area contributed by atoms with Crippen LogP contribution in [0.2, 0.25) is 0 Å². The zero-order chi connectivity index (χ0) is 13.6. The molecule has 0 saturated heterocycles. The van der Waals surface area contributed by atoms with Crippen molar-refractivity contribution in [2.24, 2.45) is 0 Å². The zero-order valence-electron chi connectivity index (χ0n) is 9.75. The Labute approximate surface area is 107 Å². The quantitative estimate of drug-likeness (QED) is 0.787. The second-order valence-corrected chi connectivity index (χ2v) is 4.63. The molecule has 0 aliphatic rings. The van der Waals surface area contributed by atoms with Gasteiger partial charge < -0.3 is 15.2 Å². The van der Waals surface area contributed by atoms with Gasteiger partial charge in [0.1, 0.15) is 11.5 Å². The van der Waals surface area contributed by atoms with Gasteiger partial charge in [-0.1, -0.05) is 0 Å². The van der Waals surface area contributed by atoms with Crippen molar-refractivity contribution < 1.29 is 23.0 Å². The number of nitrogens with one attached hydrogen (secondary N) is 1. The average Bonchev–Trinajstić information content (AvgIpc) is 2.29. The first-order valence-corrected chi connectivity index (χ1v) is 6.18. The molecule has 0 spiro atoms. The molecule has 1 aromatic carbocycles. The lowest BCUT2D eigenvalue weighted by atomic mass is 10.2. The molecule has 102 valence electrons. The minimum Gasteiger partial charge on any atom is -0.508 e. The summed E-state index contributed by atoms with van der Waals surface area (Å²) < 4.78 is 40.5. The molecule has 0 aliphatic heterocycles. The fraction of sp³-hybridized carbons (Fsp3) is 0.455. The highest BCUT2D eigenvalue weighted by Gasteiger charge is 2.27. The Kier molecular flexibility index (Phi) is 5.61. The Bertz CT molecular complexity index is 385. The standard InChI is InChI=1S/C11H14F3NO2S/c1-17-9-2-3-10(16)8(6-9)7-15-4-5-18-11(12,13)14/h2-3,6,15-16H,4-5,7H2,1H3. The number of alkyl halides is 3. The summed E-state index contributed by atoms with van der Waals surface area (Å²) in [5.74, 6) is 0.620. The van der Waals surface area contributed by atoms with Crippen LogP contribution in [0, 0.1) is 0 Å². The van der Waals surface area contributed by atoms with Gasteiger partial charge in [0, 0.05) is 24.4 Å². The van der Waals surface area contributed by atoms with Crippen LogP contribution in [0.25, 0.3) is 0 Å². The predicted octanol–water partition coefficient (Wildman–Crippen LogP) is 2.74. The van der Waals surface area contributed by atoms with Gasteiger partial charge >= 0.3 is 5.51 Å². The van der Waals surface area contributed by atoms with Gasteiger partial charge in [0.15, 0.2) is 0 Å². The van der Waals surface area contributed by atoms with Crippen molar-refractivity contribution in [1.82, 2.24) is 5.32 Å². The summed E-state index contributed by atoms with van der Waals surface area (Å²) in [6, 6.07) is 4.73. The molecular formula is C11H14F3NO2S. The highest BCUT2D eigenvalue weighted by molar-refractivity contribution is 8.00. The van der Waals surface area contributed by atoms with Crippen LogP contribution in [0.3, 0.4) is 0 Å². The fourth-order valence-electron chi connectivity index (χ4n) is 1.29. The molecule has 0 heterocycles. The number of phenolic OH excluding ortho intramolecular Hbond substituents is 1. The van der Waals surface area contributed by atoms with Crippen LogP contribution < -0.4 is 10.1 Å². The van der Waals surface area contributed by atoms with E-state index in [1.54, 1.807) is 12.1 Å². The van der Waals surface area contributed by atoms with Gasteiger partial charge in [0.25, 0.3) is 0 Å². The molecule has 3 nitrogen and oxygen atoms in total. The van der Waals surface area contributed by atoms with E-state index in [-0.39, 0.29) is 29.8 Å². The maximum Gasteiger partial charge on any atom is 0.441 e. The largest absolute Gasteiger partial charge is 0.508 e. The number of rotatable bonds is 6. The average molecular weight is 281 g/mol.